The van der Waals surface area contributed by atoms with E-state index in [0.717, 1.165) is 0 Å². The Labute approximate surface area is 266 Å². The van der Waals surface area contributed by atoms with Crippen LogP contribution in [0.25, 0.3) is 34.0 Å². The van der Waals surface area contributed by atoms with Crippen molar-refractivity contribution in [2.24, 2.45) is 5.73 Å². The highest BCUT2D eigenvalue weighted by Gasteiger charge is 2.38. The maximum atomic E-state index is 13.6. The molecule has 4 aromatic rings. The molecule has 0 atom stereocenters. The van der Waals surface area contributed by atoms with Gasteiger partial charge in [-0.25, -0.2) is 28.0 Å². The van der Waals surface area contributed by atoms with Crippen molar-refractivity contribution in [2.45, 2.75) is 75.5 Å². The molecule has 2 N–H and O–H groups in total. The van der Waals surface area contributed by atoms with Crippen molar-refractivity contribution >= 4 is 21.9 Å². The summed E-state index contributed by atoms with van der Waals surface area (Å²) in [7, 11) is -3.54. The molecule has 2 aromatic carbocycles. The van der Waals surface area contributed by atoms with Crippen molar-refractivity contribution in [1.29, 1.82) is 5.26 Å². The summed E-state index contributed by atoms with van der Waals surface area (Å²) >= 11 is 0. The van der Waals surface area contributed by atoms with Gasteiger partial charge in [0.15, 0.2) is 27.0 Å². The molecular formula is C33H33N5O7S. The maximum absolute atomic E-state index is 13.6. The minimum absolute atomic E-state index is 0.0327. The van der Waals surface area contributed by atoms with E-state index in [-0.39, 0.29) is 27.7 Å². The number of hydrogen-bond acceptors (Lipinski definition) is 11. The van der Waals surface area contributed by atoms with Gasteiger partial charge in [0.25, 0.3) is 5.88 Å². The Bertz CT molecular complexity index is 1990. The zero-order valence-corrected chi connectivity index (χ0v) is 27.1. The number of carbonyl (C=O) groups excluding carboxylic acids is 2. The predicted molar refractivity (Wildman–Crippen MR) is 167 cm³/mol. The van der Waals surface area contributed by atoms with Crippen LogP contribution in [0.15, 0.2) is 57.9 Å². The zero-order valence-electron chi connectivity index (χ0n) is 26.2. The monoisotopic (exact) mass is 643 g/mol. The molecule has 1 fully saturated rings. The highest BCUT2D eigenvalue weighted by Crippen LogP contribution is 2.41. The van der Waals surface area contributed by atoms with Crippen LogP contribution in [0, 0.1) is 11.3 Å². The number of ether oxygens (including phenoxy) is 2. The number of aromatic nitrogens is 3. The molecule has 12 nitrogen and oxygen atoms in total. The minimum Gasteiger partial charge on any atom is -0.455 e. The third kappa shape index (κ3) is 6.77. The third-order valence-electron chi connectivity index (χ3n) is 7.05. The van der Waals surface area contributed by atoms with Gasteiger partial charge in [-0.2, -0.15) is 5.26 Å². The molecule has 13 heteroatoms. The number of nitrogens with zero attached hydrogens (tertiary/aromatic N) is 4. The Morgan fingerprint density at radius 2 is 1.65 bits per heavy atom. The second-order valence-electron chi connectivity index (χ2n) is 13.0. The molecule has 0 saturated heterocycles. The SMILES string of the molecule is CC(C)(C)OC(=O)c1nc(OC(N)=O)c(-c2cc(-c3ccc(C#N)cc3)no2)nc1-c1ccc(S(=O)(=O)C2CC2)cc1C(C)(C)C. The molecule has 238 valence electrons. The van der Waals surface area contributed by atoms with E-state index in [4.69, 9.17) is 30.0 Å². The molecule has 0 spiro atoms. The van der Waals surface area contributed by atoms with Crippen LogP contribution in [0.2, 0.25) is 0 Å². The largest absolute Gasteiger partial charge is 0.455 e. The van der Waals surface area contributed by atoms with E-state index in [2.05, 4.69) is 16.2 Å². The van der Waals surface area contributed by atoms with Gasteiger partial charge in [0.05, 0.1) is 21.8 Å². The van der Waals surface area contributed by atoms with Crippen molar-refractivity contribution in [1.82, 2.24) is 15.1 Å². The Kier molecular flexibility index (Phi) is 8.21. The van der Waals surface area contributed by atoms with Gasteiger partial charge >= 0.3 is 12.1 Å². The van der Waals surface area contributed by atoms with Gasteiger partial charge in [-0.05, 0) is 68.9 Å². The number of benzene rings is 2. The second kappa shape index (κ2) is 11.7. The summed E-state index contributed by atoms with van der Waals surface area (Å²) in [6.07, 6.45) is 0.000650. The Balaban J connectivity index is 1.76. The average molecular weight is 644 g/mol. The summed E-state index contributed by atoms with van der Waals surface area (Å²) < 4.78 is 42.9. The van der Waals surface area contributed by atoms with Crippen LogP contribution in [-0.4, -0.2) is 46.5 Å². The topological polar surface area (TPSA) is 188 Å². The van der Waals surface area contributed by atoms with Gasteiger partial charge in [-0.1, -0.05) is 44.1 Å². The molecule has 0 bridgehead atoms. The molecule has 0 unspecified atom stereocenters. The fourth-order valence-electron chi connectivity index (χ4n) is 4.74. The number of sulfone groups is 1. The molecule has 1 aliphatic rings. The van der Waals surface area contributed by atoms with Crippen LogP contribution < -0.4 is 10.5 Å². The second-order valence-corrected chi connectivity index (χ2v) is 15.2. The van der Waals surface area contributed by atoms with Gasteiger partial charge in [0, 0.05) is 17.2 Å². The lowest BCUT2D eigenvalue weighted by Crippen LogP contribution is -2.26. The summed E-state index contributed by atoms with van der Waals surface area (Å²) in [4.78, 5) is 34.9. The summed E-state index contributed by atoms with van der Waals surface area (Å²) in [5, 5.41) is 12.8. The maximum Gasteiger partial charge on any atom is 0.411 e. The van der Waals surface area contributed by atoms with Crippen molar-refractivity contribution in [3.05, 3.63) is 65.4 Å². The summed E-state index contributed by atoms with van der Waals surface area (Å²) in [5.74, 6) is -1.25. The van der Waals surface area contributed by atoms with E-state index in [1.165, 1.54) is 12.1 Å². The highest BCUT2D eigenvalue weighted by atomic mass is 32.2. The normalized spacial score (nSPS) is 13.6. The molecule has 1 aliphatic carbocycles. The molecule has 46 heavy (non-hydrogen) atoms. The van der Waals surface area contributed by atoms with Gasteiger partial charge < -0.3 is 19.7 Å². The standard InChI is InChI=1S/C33H33N5O7S/c1-32(2,3)23-15-21(46(41,42)20-11-12-20)13-14-22(23)26-28(30(39)44-33(4,5)6)37-29(43-31(35)40)27(36-26)25-16-24(38-45-25)19-9-7-18(17-34)8-10-19/h7-10,13-16,20H,11-12H2,1-6H3,(H2,35,40). The van der Waals surface area contributed by atoms with E-state index in [9.17, 15) is 18.0 Å². The first-order valence-corrected chi connectivity index (χ1v) is 16.0. The number of amides is 1. The van der Waals surface area contributed by atoms with Gasteiger partial charge in [-0.15, -0.1) is 0 Å². The Morgan fingerprint density at radius 3 is 2.22 bits per heavy atom. The van der Waals surface area contributed by atoms with Crippen molar-refractivity contribution < 1.29 is 32.0 Å². The molecule has 0 aliphatic heterocycles. The zero-order chi connectivity index (χ0) is 33.6. The first kappa shape index (κ1) is 32.3. The lowest BCUT2D eigenvalue weighted by atomic mass is 9.82. The molecule has 2 aromatic heterocycles. The van der Waals surface area contributed by atoms with E-state index in [0.29, 0.717) is 40.8 Å². The molecule has 1 saturated carbocycles. The first-order valence-electron chi connectivity index (χ1n) is 14.5. The Morgan fingerprint density at radius 1 is 0.978 bits per heavy atom. The highest BCUT2D eigenvalue weighted by molar-refractivity contribution is 7.92. The molecular weight excluding hydrogens is 610 g/mol. The van der Waals surface area contributed by atoms with Crippen LogP contribution in [0.3, 0.4) is 0 Å². The van der Waals surface area contributed by atoms with E-state index in [1.54, 1.807) is 57.2 Å². The average Bonchev–Trinajstić information content (AvgIpc) is 3.73. The van der Waals surface area contributed by atoms with Crippen LogP contribution in [0.4, 0.5) is 4.79 Å². The number of esters is 1. The lowest BCUT2D eigenvalue weighted by molar-refractivity contribution is 0.00623. The quantitative estimate of drug-likeness (QED) is 0.233. The first-order chi connectivity index (χ1) is 21.5. The summed E-state index contributed by atoms with van der Waals surface area (Å²) in [6, 6.07) is 14.9. The lowest BCUT2D eigenvalue weighted by Gasteiger charge is -2.25. The van der Waals surface area contributed by atoms with Gasteiger partial charge in [0.1, 0.15) is 17.0 Å². The summed E-state index contributed by atoms with van der Waals surface area (Å²) in [5.41, 5.74) is 5.96. The molecule has 2 heterocycles. The van der Waals surface area contributed by atoms with E-state index in [1.807, 2.05) is 20.8 Å². The van der Waals surface area contributed by atoms with Gasteiger partial charge in [0.2, 0.25) is 0 Å². The minimum atomic E-state index is -3.54. The van der Waals surface area contributed by atoms with E-state index < -0.39 is 44.0 Å². The number of carbonyl (C=O) groups is 2. The fraction of sp³-hybridized carbons (Fsp3) is 0.333. The van der Waals surface area contributed by atoms with Crippen LogP contribution in [0.1, 0.15) is 76.0 Å². The molecule has 0 radical (unpaired) electrons. The van der Waals surface area contributed by atoms with Crippen LogP contribution >= 0.6 is 0 Å². The molecule has 5 rings (SSSR count). The number of primary amides is 1. The predicted octanol–water partition coefficient (Wildman–Crippen LogP) is 5.98. The summed E-state index contributed by atoms with van der Waals surface area (Å²) in [6.45, 7) is 10.8. The van der Waals surface area contributed by atoms with Gasteiger partial charge in [-0.3, -0.25) is 0 Å². The number of nitrogens with two attached hydrogens (primary N) is 1. The smallest absolute Gasteiger partial charge is 0.411 e. The van der Waals surface area contributed by atoms with Crippen molar-refractivity contribution in [3.63, 3.8) is 0 Å². The van der Waals surface area contributed by atoms with Crippen LogP contribution in [0.5, 0.6) is 5.88 Å². The number of rotatable bonds is 7. The molecule has 1 amide bonds. The Hall–Kier alpha value is -5.09. The third-order valence-corrected chi connectivity index (χ3v) is 9.31. The fourth-order valence-corrected chi connectivity index (χ4v) is 6.42. The number of hydrogen-bond donors (Lipinski definition) is 1. The van der Waals surface area contributed by atoms with Crippen LogP contribution in [-0.2, 0) is 20.0 Å². The van der Waals surface area contributed by atoms with Crippen molar-refractivity contribution in [3.8, 4) is 45.9 Å². The van der Waals surface area contributed by atoms with Crippen molar-refractivity contribution in [2.75, 3.05) is 0 Å². The van der Waals surface area contributed by atoms with E-state index >= 15 is 0 Å². The number of nitriles is 1.